The lowest BCUT2D eigenvalue weighted by Gasteiger charge is -2.12. The lowest BCUT2D eigenvalue weighted by Crippen LogP contribution is -2.27. The fraction of sp³-hybridized carbons (Fsp3) is 0.0800. The van der Waals surface area contributed by atoms with Gasteiger partial charge in [0.15, 0.2) is 6.61 Å². The molecule has 3 amide bonds. The second-order valence-corrected chi connectivity index (χ2v) is 9.04. The third-order valence-corrected chi connectivity index (χ3v) is 6.19. The highest BCUT2D eigenvalue weighted by Crippen LogP contribution is 2.35. The molecule has 0 bridgehead atoms. The maximum Gasteiger partial charge on any atom is 0.293 e. The van der Waals surface area contributed by atoms with Gasteiger partial charge in [0.05, 0.1) is 11.4 Å². The molecule has 33 heavy (non-hydrogen) atoms. The number of halogens is 1. The van der Waals surface area contributed by atoms with Crippen molar-refractivity contribution in [2.24, 2.45) is 0 Å². The number of hydrogen-bond acceptors (Lipinski definition) is 5. The van der Waals surface area contributed by atoms with Crippen molar-refractivity contribution in [3.8, 4) is 5.75 Å². The number of carbonyl (C=O) groups is 3. The van der Waals surface area contributed by atoms with E-state index in [1.165, 1.54) is 4.90 Å². The van der Waals surface area contributed by atoms with Gasteiger partial charge in [-0.05, 0) is 53.7 Å². The van der Waals surface area contributed by atoms with E-state index in [0.29, 0.717) is 21.9 Å². The van der Waals surface area contributed by atoms with Crippen molar-refractivity contribution in [3.05, 3.63) is 99.4 Å². The Balaban J connectivity index is 1.44. The van der Waals surface area contributed by atoms with Crippen LogP contribution in [0.3, 0.4) is 0 Å². The van der Waals surface area contributed by atoms with Crippen molar-refractivity contribution in [2.75, 3.05) is 11.9 Å². The smallest absolute Gasteiger partial charge is 0.293 e. The topological polar surface area (TPSA) is 75.7 Å². The van der Waals surface area contributed by atoms with Gasteiger partial charge in [-0.25, -0.2) is 0 Å². The first-order valence-corrected chi connectivity index (χ1v) is 11.7. The normalized spacial score (nSPS) is 14.6. The molecule has 1 aliphatic rings. The number of rotatable bonds is 7. The number of para-hydroxylation sites is 2. The summed E-state index contributed by atoms with van der Waals surface area (Å²) in [5.41, 5.74) is 2.15. The van der Waals surface area contributed by atoms with Crippen LogP contribution in [0.4, 0.5) is 10.5 Å². The zero-order valence-electron chi connectivity index (χ0n) is 17.4. The minimum absolute atomic E-state index is 0.190. The highest BCUT2D eigenvalue weighted by Gasteiger charge is 2.35. The number of nitrogens with zero attached hydrogens (tertiary/aromatic N) is 1. The van der Waals surface area contributed by atoms with Gasteiger partial charge in [0.25, 0.3) is 17.1 Å². The third kappa shape index (κ3) is 5.91. The highest BCUT2D eigenvalue weighted by molar-refractivity contribution is 9.10. The Labute approximate surface area is 203 Å². The summed E-state index contributed by atoms with van der Waals surface area (Å²) in [6, 6.07) is 23.6. The number of hydrogen-bond donors (Lipinski definition) is 1. The van der Waals surface area contributed by atoms with Crippen LogP contribution in [-0.4, -0.2) is 28.6 Å². The molecule has 3 aromatic carbocycles. The van der Waals surface area contributed by atoms with Crippen molar-refractivity contribution in [2.45, 2.75) is 6.54 Å². The predicted molar refractivity (Wildman–Crippen MR) is 133 cm³/mol. The van der Waals surface area contributed by atoms with E-state index >= 15 is 0 Å². The minimum atomic E-state index is -0.357. The molecule has 0 aliphatic carbocycles. The molecule has 0 radical (unpaired) electrons. The van der Waals surface area contributed by atoms with Crippen LogP contribution in [0.15, 0.2) is 88.2 Å². The first-order valence-electron chi connectivity index (χ1n) is 10.1. The second kappa shape index (κ2) is 10.5. The molecule has 0 atom stereocenters. The van der Waals surface area contributed by atoms with Gasteiger partial charge >= 0.3 is 0 Å². The summed E-state index contributed by atoms with van der Waals surface area (Å²) in [7, 11) is 0. The van der Waals surface area contributed by atoms with Crippen LogP contribution in [0, 0.1) is 0 Å². The molecular weight excluding hydrogens is 504 g/mol. The van der Waals surface area contributed by atoms with E-state index in [1.807, 2.05) is 42.5 Å². The molecule has 1 heterocycles. The Hall–Kier alpha value is -3.36. The van der Waals surface area contributed by atoms with Crippen molar-refractivity contribution in [3.63, 3.8) is 0 Å². The van der Waals surface area contributed by atoms with Crippen molar-refractivity contribution in [1.29, 1.82) is 0 Å². The predicted octanol–water partition coefficient (Wildman–Crippen LogP) is 5.70. The Morgan fingerprint density at radius 3 is 2.42 bits per heavy atom. The summed E-state index contributed by atoms with van der Waals surface area (Å²) < 4.78 is 6.62. The number of thioether (sulfide) groups is 1. The zero-order valence-corrected chi connectivity index (χ0v) is 19.8. The molecule has 1 fully saturated rings. The van der Waals surface area contributed by atoms with Gasteiger partial charge in [0.1, 0.15) is 5.75 Å². The van der Waals surface area contributed by atoms with Crippen LogP contribution >= 0.6 is 27.7 Å². The summed E-state index contributed by atoms with van der Waals surface area (Å²) in [6.45, 7) is 0.0118. The van der Waals surface area contributed by atoms with Gasteiger partial charge in [0.2, 0.25) is 0 Å². The fourth-order valence-corrected chi connectivity index (χ4v) is 4.24. The van der Waals surface area contributed by atoms with Crippen molar-refractivity contribution >= 4 is 56.5 Å². The van der Waals surface area contributed by atoms with Crippen LogP contribution in [0.25, 0.3) is 6.08 Å². The van der Waals surface area contributed by atoms with E-state index in [9.17, 15) is 14.4 Å². The Kier molecular flexibility index (Phi) is 7.26. The van der Waals surface area contributed by atoms with Crippen LogP contribution < -0.4 is 10.1 Å². The lowest BCUT2D eigenvalue weighted by atomic mass is 10.1. The number of amides is 3. The molecule has 0 unspecified atom stereocenters. The molecule has 1 N–H and O–H groups in total. The number of ether oxygens (including phenoxy) is 1. The van der Waals surface area contributed by atoms with Gasteiger partial charge < -0.3 is 10.1 Å². The van der Waals surface area contributed by atoms with Crippen LogP contribution in [0.1, 0.15) is 11.1 Å². The standard InChI is InChI=1S/C25H19BrN2O4S/c26-19-12-10-17(11-13-19)15-28-24(30)22(33-25(28)31)14-18-6-4-5-9-21(18)32-16-23(29)27-20-7-2-1-3-8-20/h1-14H,15-16H2,(H,27,29)/b22-14+. The number of carbonyl (C=O) groups excluding carboxylic acids is 3. The number of anilines is 1. The molecular formula is C25H19BrN2O4S. The highest BCUT2D eigenvalue weighted by atomic mass is 79.9. The minimum Gasteiger partial charge on any atom is -0.483 e. The van der Waals surface area contributed by atoms with Gasteiger partial charge in [-0.2, -0.15) is 0 Å². The van der Waals surface area contributed by atoms with E-state index in [0.717, 1.165) is 21.8 Å². The average molecular weight is 523 g/mol. The summed E-state index contributed by atoms with van der Waals surface area (Å²) in [5, 5.41) is 2.43. The van der Waals surface area contributed by atoms with Crippen molar-refractivity contribution < 1.29 is 19.1 Å². The van der Waals surface area contributed by atoms with E-state index in [2.05, 4.69) is 21.2 Å². The monoisotopic (exact) mass is 522 g/mol. The third-order valence-electron chi connectivity index (χ3n) is 4.75. The van der Waals surface area contributed by atoms with Crippen molar-refractivity contribution in [1.82, 2.24) is 4.90 Å². The lowest BCUT2D eigenvalue weighted by molar-refractivity contribution is -0.123. The molecule has 1 aliphatic heterocycles. The van der Waals surface area contributed by atoms with E-state index in [1.54, 1.807) is 42.5 Å². The molecule has 0 saturated carbocycles. The molecule has 1 saturated heterocycles. The van der Waals surface area contributed by atoms with Crippen LogP contribution in [0.2, 0.25) is 0 Å². The SMILES string of the molecule is O=C(COc1ccccc1/C=C1/SC(=O)N(Cc2ccc(Br)cc2)C1=O)Nc1ccccc1. The summed E-state index contributed by atoms with van der Waals surface area (Å²) in [6.07, 6.45) is 1.62. The first kappa shape index (κ1) is 22.8. The summed E-state index contributed by atoms with van der Waals surface area (Å²) >= 11 is 4.26. The second-order valence-electron chi connectivity index (χ2n) is 7.14. The Morgan fingerprint density at radius 2 is 1.67 bits per heavy atom. The van der Waals surface area contributed by atoms with Gasteiger partial charge in [-0.3, -0.25) is 19.3 Å². The van der Waals surface area contributed by atoms with Gasteiger partial charge in [-0.1, -0.05) is 64.5 Å². The molecule has 6 nitrogen and oxygen atoms in total. The summed E-state index contributed by atoms with van der Waals surface area (Å²) in [4.78, 5) is 39.1. The molecule has 0 aromatic heterocycles. The van der Waals surface area contributed by atoms with Gasteiger partial charge in [-0.15, -0.1) is 0 Å². The average Bonchev–Trinajstić information content (AvgIpc) is 3.08. The fourth-order valence-electron chi connectivity index (χ4n) is 3.14. The quantitative estimate of drug-likeness (QED) is 0.402. The number of imide groups is 1. The summed E-state index contributed by atoms with van der Waals surface area (Å²) in [5.74, 6) is -0.212. The largest absolute Gasteiger partial charge is 0.483 e. The molecule has 166 valence electrons. The maximum atomic E-state index is 12.9. The Bertz CT molecular complexity index is 1210. The van der Waals surface area contributed by atoms with Gasteiger partial charge in [0, 0.05) is 15.7 Å². The van der Waals surface area contributed by atoms with Crippen LogP contribution in [0.5, 0.6) is 5.75 Å². The van der Waals surface area contributed by atoms with E-state index in [4.69, 9.17) is 4.74 Å². The van der Waals surface area contributed by atoms with Crippen LogP contribution in [-0.2, 0) is 16.1 Å². The number of nitrogens with one attached hydrogen (secondary N) is 1. The maximum absolute atomic E-state index is 12.9. The first-order chi connectivity index (χ1) is 16.0. The molecule has 4 rings (SSSR count). The Morgan fingerprint density at radius 1 is 0.970 bits per heavy atom. The number of benzene rings is 3. The molecule has 0 spiro atoms. The van der Waals surface area contributed by atoms with E-state index in [-0.39, 0.29) is 30.2 Å². The molecule has 8 heteroatoms. The van der Waals surface area contributed by atoms with E-state index < -0.39 is 0 Å². The zero-order chi connectivity index (χ0) is 23.2. The molecule has 3 aromatic rings.